The Labute approximate surface area is 112 Å². The van der Waals surface area contributed by atoms with Gasteiger partial charge in [0.2, 0.25) is 0 Å². The van der Waals surface area contributed by atoms with Crippen LogP contribution < -0.4 is 0 Å². The van der Waals surface area contributed by atoms with Crippen LogP contribution in [-0.2, 0) is 0 Å². The van der Waals surface area contributed by atoms with E-state index in [9.17, 15) is 0 Å². The first-order valence-electron chi connectivity index (χ1n) is 5.76. The molecule has 0 radical (unpaired) electrons. The molecule has 0 spiro atoms. The summed E-state index contributed by atoms with van der Waals surface area (Å²) in [6.07, 6.45) is 0.506. The van der Waals surface area contributed by atoms with Gasteiger partial charge in [-0.3, -0.25) is 0 Å². The number of aliphatic hydroxyl groups is 1. The predicted octanol–water partition coefficient (Wildman–Crippen LogP) is 3.74. The van der Waals surface area contributed by atoms with Crippen molar-refractivity contribution in [1.82, 2.24) is 0 Å². The van der Waals surface area contributed by atoms with Crippen LogP contribution in [0.5, 0.6) is 0 Å². The van der Waals surface area contributed by atoms with Crippen molar-refractivity contribution < 1.29 is 5.11 Å². The number of rotatable bonds is 2. The van der Waals surface area contributed by atoms with Gasteiger partial charge in [-0.2, -0.15) is 0 Å². The van der Waals surface area contributed by atoms with Gasteiger partial charge in [0.1, 0.15) is 0 Å². The number of hydrogen-bond acceptors (Lipinski definition) is 1. The van der Waals surface area contributed by atoms with Crippen molar-refractivity contribution in [1.29, 1.82) is 0 Å². The van der Waals surface area contributed by atoms with Crippen molar-refractivity contribution >= 4 is 11.6 Å². The zero-order valence-electron chi connectivity index (χ0n) is 9.86. The number of halogens is 1. The fourth-order valence-corrected chi connectivity index (χ4v) is 1.89. The van der Waals surface area contributed by atoms with Crippen molar-refractivity contribution in [3.8, 4) is 23.0 Å². The average molecular weight is 257 g/mol. The minimum absolute atomic E-state index is 0.102. The fraction of sp³-hybridized carbons (Fsp3) is 0.125. The lowest BCUT2D eigenvalue weighted by molar-refractivity contribution is 0.305. The van der Waals surface area contributed by atoms with E-state index in [2.05, 4.69) is 11.8 Å². The van der Waals surface area contributed by atoms with E-state index in [4.69, 9.17) is 16.7 Å². The molecule has 0 aliphatic heterocycles. The first kappa shape index (κ1) is 12.7. The van der Waals surface area contributed by atoms with E-state index in [1.165, 1.54) is 0 Å². The van der Waals surface area contributed by atoms with E-state index in [1.54, 1.807) is 0 Å². The van der Waals surface area contributed by atoms with E-state index in [0.717, 1.165) is 21.7 Å². The molecule has 1 N–H and O–H groups in total. The van der Waals surface area contributed by atoms with Crippen molar-refractivity contribution in [3.63, 3.8) is 0 Å². The van der Waals surface area contributed by atoms with Gasteiger partial charge in [-0.05, 0) is 23.8 Å². The van der Waals surface area contributed by atoms with Crippen LogP contribution in [0.25, 0.3) is 11.1 Å². The minimum Gasteiger partial charge on any atom is -0.395 e. The lowest BCUT2D eigenvalue weighted by Gasteiger charge is -2.03. The molecule has 2 rings (SSSR count). The van der Waals surface area contributed by atoms with Gasteiger partial charge < -0.3 is 5.11 Å². The highest BCUT2D eigenvalue weighted by molar-refractivity contribution is 6.33. The SMILES string of the molecule is OCCC#Cc1ccc(-c2ccccc2Cl)cc1. The van der Waals surface area contributed by atoms with Gasteiger partial charge in [-0.25, -0.2) is 0 Å². The van der Waals surface area contributed by atoms with E-state index in [1.807, 2.05) is 48.5 Å². The Hall–Kier alpha value is -1.75. The second kappa shape index (κ2) is 6.26. The number of benzene rings is 2. The lowest BCUT2D eigenvalue weighted by atomic mass is 10.0. The van der Waals surface area contributed by atoms with Crippen LogP contribution in [0.2, 0.25) is 5.02 Å². The van der Waals surface area contributed by atoms with Gasteiger partial charge in [0.25, 0.3) is 0 Å². The Morgan fingerprint density at radius 2 is 1.72 bits per heavy atom. The molecule has 0 bridgehead atoms. The zero-order valence-corrected chi connectivity index (χ0v) is 10.6. The Morgan fingerprint density at radius 3 is 2.39 bits per heavy atom. The standard InChI is InChI=1S/C16H13ClO/c17-16-7-2-1-6-15(16)14-10-8-13(9-11-14)5-3-4-12-18/h1-2,6-11,18H,4,12H2. The predicted molar refractivity (Wildman–Crippen MR) is 75.5 cm³/mol. The Kier molecular flexibility index (Phi) is 4.41. The summed E-state index contributed by atoms with van der Waals surface area (Å²) in [6, 6.07) is 15.7. The maximum absolute atomic E-state index is 8.65. The van der Waals surface area contributed by atoms with Gasteiger partial charge in [-0.1, -0.05) is 53.8 Å². The van der Waals surface area contributed by atoms with E-state index >= 15 is 0 Å². The van der Waals surface area contributed by atoms with Crippen LogP contribution >= 0.6 is 11.6 Å². The fourth-order valence-electron chi connectivity index (χ4n) is 1.65. The van der Waals surface area contributed by atoms with E-state index in [-0.39, 0.29) is 6.61 Å². The molecule has 0 saturated heterocycles. The second-order valence-corrected chi connectivity index (χ2v) is 4.24. The molecule has 1 nitrogen and oxygen atoms in total. The van der Waals surface area contributed by atoms with Gasteiger partial charge >= 0.3 is 0 Å². The summed E-state index contributed by atoms with van der Waals surface area (Å²) in [5.41, 5.74) is 3.04. The first-order chi connectivity index (χ1) is 8.81. The van der Waals surface area contributed by atoms with Gasteiger partial charge in [0.15, 0.2) is 0 Å². The molecule has 2 aromatic rings. The molecule has 0 aliphatic rings. The maximum Gasteiger partial charge on any atom is 0.0540 e. The van der Waals surface area contributed by atoms with Gasteiger partial charge in [0.05, 0.1) is 6.61 Å². The number of aliphatic hydroxyl groups excluding tert-OH is 1. The molecule has 0 heterocycles. The molecule has 2 aromatic carbocycles. The largest absolute Gasteiger partial charge is 0.395 e. The quantitative estimate of drug-likeness (QED) is 0.812. The highest BCUT2D eigenvalue weighted by Crippen LogP contribution is 2.27. The third-order valence-corrected chi connectivity index (χ3v) is 2.87. The molecule has 18 heavy (non-hydrogen) atoms. The summed E-state index contributed by atoms with van der Waals surface area (Å²) in [5, 5.41) is 9.40. The molecule has 90 valence electrons. The molecular weight excluding hydrogens is 244 g/mol. The zero-order chi connectivity index (χ0) is 12.8. The molecule has 0 fully saturated rings. The topological polar surface area (TPSA) is 20.2 Å². The summed E-state index contributed by atoms with van der Waals surface area (Å²) in [6.45, 7) is 0.102. The summed E-state index contributed by atoms with van der Waals surface area (Å²) in [5.74, 6) is 5.89. The van der Waals surface area contributed by atoms with Crippen molar-refractivity contribution in [2.75, 3.05) is 6.61 Å². The molecule has 0 saturated carbocycles. The van der Waals surface area contributed by atoms with Crippen LogP contribution in [0.15, 0.2) is 48.5 Å². The third-order valence-electron chi connectivity index (χ3n) is 2.54. The first-order valence-corrected chi connectivity index (χ1v) is 6.14. The highest BCUT2D eigenvalue weighted by atomic mass is 35.5. The molecule has 2 heteroatoms. The summed E-state index contributed by atoms with van der Waals surface area (Å²) < 4.78 is 0. The second-order valence-electron chi connectivity index (χ2n) is 3.83. The Balaban J connectivity index is 2.24. The van der Waals surface area contributed by atoms with Crippen LogP contribution in [0.1, 0.15) is 12.0 Å². The monoisotopic (exact) mass is 256 g/mol. The third kappa shape index (κ3) is 3.13. The molecule has 0 unspecified atom stereocenters. The normalized spacial score (nSPS) is 9.67. The molecule has 0 amide bonds. The summed E-state index contributed by atoms with van der Waals surface area (Å²) in [7, 11) is 0. The van der Waals surface area contributed by atoms with Gasteiger partial charge in [0, 0.05) is 22.6 Å². The van der Waals surface area contributed by atoms with Crippen molar-refractivity contribution in [2.24, 2.45) is 0 Å². The maximum atomic E-state index is 8.65. The minimum atomic E-state index is 0.102. The van der Waals surface area contributed by atoms with Crippen LogP contribution in [0, 0.1) is 11.8 Å². The van der Waals surface area contributed by atoms with E-state index < -0.39 is 0 Å². The van der Waals surface area contributed by atoms with Crippen LogP contribution in [0.4, 0.5) is 0 Å². The lowest BCUT2D eigenvalue weighted by Crippen LogP contribution is -1.81. The average Bonchev–Trinajstić information content (AvgIpc) is 2.41. The molecule has 0 aliphatic carbocycles. The van der Waals surface area contributed by atoms with Crippen molar-refractivity contribution in [3.05, 3.63) is 59.1 Å². The van der Waals surface area contributed by atoms with Crippen molar-refractivity contribution in [2.45, 2.75) is 6.42 Å². The molecular formula is C16H13ClO. The summed E-state index contributed by atoms with van der Waals surface area (Å²) in [4.78, 5) is 0. The smallest absolute Gasteiger partial charge is 0.0540 e. The number of hydrogen-bond donors (Lipinski definition) is 1. The Bertz CT molecular complexity index is 576. The summed E-state index contributed by atoms with van der Waals surface area (Å²) >= 11 is 6.15. The van der Waals surface area contributed by atoms with Crippen LogP contribution in [-0.4, -0.2) is 11.7 Å². The van der Waals surface area contributed by atoms with E-state index in [0.29, 0.717) is 6.42 Å². The molecule has 0 atom stereocenters. The molecule has 0 aromatic heterocycles. The van der Waals surface area contributed by atoms with Crippen LogP contribution in [0.3, 0.4) is 0 Å². The highest BCUT2D eigenvalue weighted by Gasteiger charge is 2.01. The Morgan fingerprint density at radius 1 is 1.00 bits per heavy atom. The van der Waals surface area contributed by atoms with Gasteiger partial charge in [-0.15, -0.1) is 0 Å².